The topological polar surface area (TPSA) is 129 Å². The number of fused-ring (bicyclic) bond motifs is 2. The van der Waals surface area contributed by atoms with E-state index >= 15 is 0 Å². The highest BCUT2D eigenvalue weighted by molar-refractivity contribution is 7.17. The monoisotopic (exact) mass is 521 g/mol. The molecule has 0 fully saturated rings. The van der Waals surface area contributed by atoms with E-state index in [2.05, 4.69) is 30.5 Å². The Kier molecular flexibility index (Phi) is 6.01. The van der Waals surface area contributed by atoms with Crippen LogP contribution in [-0.2, 0) is 4.79 Å². The third kappa shape index (κ3) is 4.35. The first-order valence-corrected chi connectivity index (χ1v) is 13.0. The van der Waals surface area contributed by atoms with Crippen molar-refractivity contribution >= 4 is 50.8 Å². The van der Waals surface area contributed by atoms with Crippen LogP contribution >= 0.6 is 11.3 Å². The van der Waals surface area contributed by atoms with Gasteiger partial charge in [0.05, 0.1) is 33.2 Å². The van der Waals surface area contributed by atoms with Crippen molar-refractivity contribution in [3.63, 3.8) is 0 Å². The van der Waals surface area contributed by atoms with E-state index in [4.69, 9.17) is 4.98 Å². The maximum absolute atomic E-state index is 12.0. The minimum absolute atomic E-state index is 0.0403. The van der Waals surface area contributed by atoms with Gasteiger partial charge in [-0.2, -0.15) is 5.10 Å². The number of rotatable bonds is 7. The van der Waals surface area contributed by atoms with Gasteiger partial charge in [-0.1, -0.05) is 19.1 Å². The van der Waals surface area contributed by atoms with Gasteiger partial charge in [0.1, 0.15) is 5.69 Å². The Hall–Kier alpha value is -4.70. The summed E-state index contributed by atoms with van der Waals surface area (Å²) in [6, 6.07) is 13.6. The number of nitrogens with zero attached hydrogens (tertiary/aromatic N) is 4. The number of Topliss-reactive ketones (excluding diaryl/α,β-unsaturated/α-hetero) is 1. The standard InChI is InChI=1S/C28H23N7O2S/c1-3-5-24(37)31-18-10-16(12-29-14-18)17-11-20-26(34-35-27(20)30-13-17)28-32-21-7-4-6-19(25(21)33-28)23-9-8-22(38-23)15(2)36/h4,6-14H,3,5H2,1-2H3,(H,31,37)(H,32,33)(H,30,34,35). The molecule has 0 aliphatic rings. The molecule has 0 saturated carbocycles. The van der Waals surface area contributed by atoms with Crippen LogP contribution in [0.25, 0.3) is 55.2 Å². The van der Waals surface area contributed by atoms with Crippen LogP contribution in [0.4, 0.5) is 5.69 Å². The van der Waals surface area contributed by atoms with Gasteiger partial charge in [0.25, 0.3) is 0 Å². The van der Waals surface area contributed by atoms with E-state index < -0.39 is 0 Å². The normalized spacial score (nSPS) is 11.3. The summed E-state index contributed by atoms with van der Waals surface area (Å²) in [4.78, 5) is 42.7. The summed E-state index contributed by atoms with van der Waals surface area (Å²) in [5.41, 5.74) is 6.21. The van der Waals surface area contributed by atoms with Crippen LogP contribution < -0.4 is 5.32 Å². The lowest BCUT2D eigenvalue weighted by Crippen LogP contribution is -2.10. The summed E-state index contributed by atoms with van der Waals surface area (Å²) in [5.74, 6) is 0.618. The Morgan fingerprint density at radius 2 is 1.92 bits per heavy atom. The molecule has 5 aromatic heterocycles. The van der Waals surface area contributed by atoms with E-state index in [9.17, 15) is 9.59 Å². The average molecular weight is 522 g/mol. The fourth-order valence-electron chi connectivity index (χ4n) is 4.37. The number of aromatic amines is 2. The summed E-state index contributed by atoms with van der Waals surface area (Å²) in [6.07, 6.45) is 6.35. The minimum Gasteiger partial charge on any atom is -0.337 e. The Morgan fingerprint density at radius 1 is 1.05 bits per heavy atom. The molecule has 0 aliphatic carbocycles. The zero-order chi connectivity index (χ0) is 26.2. The van der Waals surface area contributed by atoms with Gasteiger partial charge in [-0.3, -0.25) is 19.7 Å². The molecule has 1 amide bonds. The van der Waals surface area contributed by atoms with Crippen LogP contribution in [0.15, 0.2) is 61.1 Å². The average Bonchev–Trinajstić information content (AvgIpc) is 3.66. The molecule has 6 rings (SSSR count). The van der Waals surface area contributed by atoms with E-state index in [1.807, 2.05) is 49.4 Å². The Labute approximate surface area is 221 Å². The number of para-hydroxylation sites is 1. The first kappa shape index (κ1) is 23.7. The summed E-state index contributed by atoms with van der Waals surface area (Å²) in [5, 5.41) is 11.2. The number of benzene rings is 1. The molecule has 188 valence electrons. The van der Waals surface area contributed by atoms with E-state index in [0.717, 1.165) is 44.4 Å². The molecule has 9 nitrogen and oxygen atoms in total. The molecule has 0 atom stereocenters. The fourth-order valence-corrected chi connectivity index (χ4v) is 5.30. The molecule has 3 N–H and O–H groups in total. The molecule has 0 saturated heterocycles. The molecular formula is C28H23N7O2S. The number of hydrogen-bond donors (Lipinski definition) is 3. The van der Waals surface area contributed by atoms with E-state index in [1.165, 1.54) is 11.3 Å². The quantitative estimate of drug-likeness (QED) is 0.214. The van der Waals surface area contributed by atoms with Gasteiger partial charge in [-0.25, -0.2) is 9.97 Å². The number of carbonyl (C=O) groups is 2. The van der Waals surface area contributed by atoms with E-state index in [1.54, 1.807) is 25.5 Å². The summed E-state index contributed by atoms with van der Waals surface area (Å²) >= 11 is 1.46. The van der Waals surface area contributed by atoms with Gasteiger partial charge in [0, 0.05) is 40.4 Å². The van der Waals surface area contributed by atoms with Gasteiger partial charge in [0.15, 0.2) is 17.3 Å². The minimum atomic E-state index is -0.0403. The molecule has 0 unspecified atom stereocenters. The zero-order valence-corrected chi connectivity index (χ0v) is 21.5. The smallest absolute Gasteiger partial charge is 0.224 e. The van der Waals surface area contributed by atoms with E-state index in [0.29, 0.717) is 34.2 Å². The van der Waals surface area contributed by atoms with Gasteiger partial charge in [0.2, 0.25) is 5.91 Å². The van der Waals surface area contributed by atoms with Crippen LogP contribution in [0, 0.1) is 0 Å². The lowest BCUT2D eigenvalue weighted by molar-refractivity contribution is -0.116. The van der Waals surface area contributed by atoms with Crippen LogP contribution in [0.3, 0.4) is 0 Å². The molecule has 0 aliphatic heterocycles. The zero-order valence-electron chi connectivity index (χ0n) is 20.7. The number of pyridine rings is 2. The highest BCUT2D eigenvalue weighted by Crippen LogP contribution is 2.35. The van der Waals surface area contributed by atoms with Crippen molar-refractivity contribution in [3.8, 4) is 33.1 Å². The first-order chi connectivity index (χ1) is 18.5. The number of ketones is 1. The number of carbonyl (C=O) groups excluding carboxylic acids is 2. The summed E-state index contributed by atoms with van der Waals surface area (Å²) < 4.78 is 0. The fraction of sp³-hybridized carbons (Fsp3) is 0.143. The van der Waals surface area contributed by atoms with Crippen molar-refractivity contribution in [2.45, 2.75) is 26.7 Å². The van der Waals surface area contributed by atoms with Crippen molar-refractivity contribution in [2.24, 2.45) is 0 Å². The van der Waals surface area contributed by atoms with Crippen molar-refractivity contribution in [3.05, 3.63) is 65.9 Å². The molecule has 0 radical (unpaired) electrons. The Bertz CT molecular complexity index is 1830. The number of thiophene rings is 1. The lowest BCUT2D eigenvalue weighted by atomic mass is 10.1. The molecule has 6 aromatic rings. The number of imidazole rings is 1. The van der Waals surface area contributed by atoms with Crippen molar-refractivity contribution in [1.29, 1.82) is 0 Å². The second-order valence-corrected chi connectivity index (χ2v) is 10.0. The predicted octanol–water partition coefficient (Wildman–Crippen LogP) is 6.23. The van der Waals surface area contributed by atoms with Gasteiger partial charge in [-0.05, 0) is 43.7 Å². The molecule has 5 heterocycles. The van der Waals surface area contributed by atoms with Gasteiger partial charge in [-0.15, -0.1) is 11.3 Å². The molecule has 10 heteroatoms. The Balaban J connectivity index is 1.39. The number of hydrogen-bond acceptors (Lipinski definition) is 7. The largest absolute Gasteiger partial charge is 0.337 e. The third-order valence-corrected chi connectivity index (χ3v) is 7.42. The Morgan fingerprint density at radius 3 is 2.74 bits per heavy atom. The SMILES string of the molecule is CCCC(=O)Nc1cncc(-c2cnc3[nH]nc(-c4nc5c(-c6ccc(C(C)=O)s6)cccc5[nH]4)c3c2)c1. The van der Waals surface area contributed by atoms with Gasteiger partial charge < -0.3 is 10.3 Å². The van der Waals surface area contributed by atoms with Crippen molar-refractivity contribution in [2.75, 3.05) is 5.32 Å². The van der Waals surface area contributed by atoms with Crippen LogP contribution in [-0.4, -0.2) is 41.8 Å². The van der Waals surface area contributed by atoms with Crippen molar-refractivity contribution < 1.29 is 9.59 Å². The predicted molar refractivity (Wildman–Crippen MR) is 149 cm³/mol. The molecule has 1 aromatic carbocycles. The van der Waals surface area contributed by atoms with Gasteiger partial charge >= 0.3 is 0 Å². The number of anilines is 1. The number of H-pyrrole nitrogens is 2. The maximum atomic E-state index is 12.0. The highest BCUT2D eigenvalue weighted by Gasteiger charge is 2.17. The highest BCUT2D eigenvalue weighted by atomic mass is 32.1. The van der Waals surface area contributed by atoms with Crippen molar-refractivity contribution in [1.82, 2.24) is 30.1 Å². The number of nitrogens with one attached hydrogen (secondary N) is 3. The maximum Gasteiger partial charge on any atom is 0.224 e. The molecular weight excluding hydrogens is 498 g/mol. The second-order valence-electron chi connectivity index (χ2n) is 8.96. The van der Waals surface area contributed by atoms with Crippen LogP contribution in [0.1, 0.15) is 36.4 Å². The molecule has 0 bridgehead atoms. The lowest BCUT2D eigenvalue weighted by Gasteiger charge is -2.07. The number of aromatic nitrogens is 6. The summed E-state index contributed by atoms with van der Waals surface area (Å²) in [6.45, 7) is 3.54. The first-order valence-electron chi connectivity index (χ1n) is 12.2. The van der Waals surface area contributed by atoms with E-state index in [-0.39, 0.29) is 11.7 Å². The third-order valence-electron chi connectivity index (χ3n) is 6.20. The number of amides is 1. The summed E-state index contributed by atoms with van der Waals surface area (Å²) in [7, 11) is 0. The van der Waals surface area contributed by atoms with Crippen LogP contribution in [0.2, 0.25) is 0 Å². The van der Waals surface area contributed by atoms with Crippen LogP contribution in [0.5, 0.6) is 0 Å². The molecule has 0 spiro atoms. The second kappa shape index (κ2) is 9.64. The molecule has 38 heavy (non-hydrogen) atoms.